The SMILES string of the molecule is O=C(NCc1cc(OCc2ccccc2F)ccc1F)c1ccn2cc(F)nc2c1. The van der Waals surface area contributed by atoms with Crippen LogP contribution in [0.5, 0.6) is 5.75 Å². The number of benzene rings is 2. The fraction of sp³-hybridized carbons (Fsp3) is 0.0909. The summed E-state index contributed by atoms with van der Waals surface area (Å²) < 4.78 is 48.0. The van der Waals surface area contributed by atoms with E-state index in [0.29, 0.717) is 11.3 Å². The van der Waals surface area contributed by atoms with Crippen molar-refractivity contribution in [3.63, 3.8) is 0 Å². The Bertz CT molecular complexity index is 1220. The van der Waals surface area contributed by atoms with E-state index in [1.165, 1.54) is 53.2 Å². The molecule has 0 aliphatic carbocycles. The first-order chi connectivity index (χ1) is 14.5. The van der Waals surface area contributed by atoms with Crippen LogP contribution in [0.15, 0.2) is 67.0 Å². The molecule has 0 bridgehead atoms. The van der Waals surface area contributed by atoms with E-state index in [1.54, 1.807) is 18.2 Å². The molecule has 8 heteroatoms. The van der Waals surface area contributed by atoms with Crippen LogP contribution < -0.4 is 10.1 Å². The topological polar surface area (TPSA) is 55.6 Å². The number of rotatable bonds is 6. The predicted octanol–water partition coefficient (Wildman–Crippen LogP) is 4.26. The lowest BCUT2D eigenvalue weighted by Gasteiger charge is -2.11. The smallest absolute Gasteiger partial charge is 0.251 e. The number of hydrogen-bond acceptors (Lipinski definition) is 3. The minimum atomic E-state index is -0.651. The largest absolute Gasteiger partial charge is 0.489 e. The Hall–Kier alpha value is -3.81. The minimum absolute atomic E-state index is 0.00894. The molecule has 2 aromatic heterocycles. The van der Waals surface area contributed by atoms with Crippen LogP contribution in [0, 0.1) is 17.6 Å². The van der Waals surface area contributed by atoms with E-state index in [4.69, 9.17) is 4.74 Å². The number of hydrogen-bond donors (Lipinski definition) is 1. The summed E-state index contributed by atoms with van der Waals surface area (Å²) in [6.07, 6.45) is 2.71. The van der Waals surface area contributed by atoms with Gasteiger partial charge in [0.2, 0.25) is 5.95 Å². The van der Waals surface area contributed by atoms with Crippen molar-refractivity contribution >= 4 is 11.6 Å². The summed E-state index contributed by atoms with van der Waals surface area (Å²) in [6.45, 7) is -0.0967. The normalized spacial score (nSPS) is 10.9. The monoisotopic (exact) mass is 411 g/mol. The summed E-state index contributed by atoms with van der Waals surface area (Å²) in [5.74, 6) is -1.67. The highest BCUT2D eigenvalue weighted by atomic mass is 19.1. The van der Waals surface area contributed by atoms with Crippen LogP contribution in [-0.2, 0) is 13.2 Å². The molecule has 0 radical (unpaired) electrons. The zero-order valence-corrected chi connectivity index (χ0v) is 15.6. The first-order valence-corrected chi connectivity index (χ1v) is 9.07. The first kappa shape index (κ1) is 19.5. The molecule has 0 aliphatic heterocycles. The molecule has 1 N–H and O–H groups in total. The molecule has 2 aromatic carbocycles. The number of carbonyl (C=O) groups excluding carboxylic acids is 1. The molecular weight excluding hydrogens is 395 g/mol. The van der Waals surface area contributed by atoms with Gasteiger partial charge in [-0.15, -0.1) is 0 Å². The first-order valence-electron chi connectivity index (χ1n) is 9.07. The van der Waals surface area contributed by atoms with E-state index >= 15 is 0 Å². The van der Waals surface area contributed by atoms with Crippen molar-refractivity contribution in [1.29, 1.82) is 0 Å². The number of nitrogens with one attached hydrogen (secondary N) is 1. The number of amides is 1. The van der Waals surface area contributed by atoms with E-state index < -0.39 is 17.7 Å². The number of fused-ring (bicyclic) bond motifs is 1. The highest BCUT2D eigenvalue weighted by Crippen LogP contribution is 2.19. The molecule has 0 fully saturated rings. The molecule has 2 heterocycles. The molecule has 0 saturated heterocycles. The third kappa shape index (κ3) is 4.27. The maximum Gasteiger partial charge on any atom is 0.251 e. The minimum Gasteiger partial charge on any atom is -0.489 e. The van der Waals surface area contributed by atoms with Gasteiger partial charge in [-0.1, -0.05) is 18.2 Å². The summed E-state index contributed by atoms with van der Waals surface area (Å²) in [4.78, 5) is 16.0. The standard InChI is InChI=1S/C22H16F3N3O2/c23-18-4-2-1-3-15(18)13-30-17-5-6-19(24)16(9-17)11-26-22(29)14-7-8-28-12-20(25)27-21(28)10-14/h1-10,12H,11,13H2,(H,26,29). The molecule has 0 atom stereocenters. The lowest BCUT2D eigenvalue weighted by Crippen LogP contribution is -2.23. The fourth-order valence-electron chi connectivity index (χ4n) is 2.92. The lowest BCUT2D eigenvalue weighted by molar-refractivity contribution is 0.0950. The summed E-state index contributed by atoms with van der Waals surface area (Å²) in [7, 11) is 0. The second kappa shape index (κ2) is 8.28. The van der Waals surface area contributed by atoms with E-state index in [1.807, 2.05) is 0 Å². The second-order valence-electron chi connectivity index (χ2n) is 6.56. The number of nitrogens with zero attached hydrogens (tertiary/aromatic N) is 2. The van der Waals surface area contributed by atoms with Crippen molar-refractivity contribution in [3.05, 3.63) is 101 Å². The van der Waals surface area contributed by atoms with Crippen LogP contribution in [0.3, 0.4) is 0 Å². The van der Waals surface area contributed by atoms with E-state index in [-0.39, 0.29) is 35.7 Å². The molecule has 4 aromatic rings. The van der Waals surface area contributed by atoms with Crippen LogP contribution in [-0.4, -0.2) is 15.3 Å². The Labute approximate surface area is 169 Å². The average Bonchev–Trinajstić information content (AvgIpc) is 3.12. The molecular formula is C22H16F3N3O2. The Morgan fingerprint density at radius 3 is 2.63 bits per heavy atom. The Morgan fingerprint density at radius 1 is 1.00 bits per heavy atom. The number of carbonyl (C=O) groups is 1. The van der Waals surface area contributed by atoms with Crippen LogP contribution in [0.1, 0.15) is 21.5 Å². The molecule has 0 spiro atoms. The molecule has 4 rings (SSSR count). The Balaban J connectivity index is 1.42. The van der Waals surface area contributed by atoms with E-state index in [9.17, 15) is 18.0 Å². The zero-order valence-electron chi connectivity index (χ0n) is 15.6. The van der Waals surface area contributed by atoms with Crippen molar-refractivity contribution in [1.82, 2.24) is 14.7 Å². The summed E-state index contributed by atoms with van der Waals surface area (Å²) in [5.41, 5.74) is 1.14. The van der Waals surface area contributed by atoms with Gasteiger partial charge in [0.25, 0.3) is 5.91 Å². The maximum atomic E-state index is 14.1. The van der Waals surface area contributed by atoms with Gasteiger partial charge in [0.05, 0.1) is 6.20 Å². The van der Waals surface area contributed by atoms with Crippen LogP contribution >= 0.6 is 0 Å². The summed E-state index contributed by atoms with van der Waals surface area (Å²) in [6, 6.07) is 13.3. The quantitative estimate of drug-likeness (QED) is 0.516. The van der Waals surface area contributed by atoms with Gasteiger partial charge in [-0.25, -0.2) is 13.8 Å². The van der Waals surface area contributed by atoms with Crippen molar-refractivity contribution in [2.24, 2.45) is 0 Å². The number of ether oxygens (including phenoxy) is 1. The molecule has 0 unspecified atom stereocenters. The van der Waals surface area contributed by atoms with Crippen molar-refractivity contribution in [2.75, 3.05) is 0 Å². The van der Waals surface area contributed by atoms with Gasteiger partial charge >= 0.3 is 0 Å². The van der Waals surface area contributed by atoms with Crippen LogP contribution in [0.2, 0.25) is 0 Å². The molecule has 5 nitrogen and oxygen atoms in total. The number of pyridine rings is 1. The van der Waals surface area contributed by atoms with Gasteiger partial charge in [0, 0.05) is 29.4 Å². The van der Waals surface area contributed by atoms with Crippen molar-refractivity contribution in [2.45, 2.75) is 13.2 Å². The third-order valence-electron chi connectivity index (χ3n) is 4.50. The molecule has 1 amide bonds. The average molecular weight is 411 g/mol. The Kier molecular flexibility index (Phi) is 5.38. The maximum absolute atomic E-state index is 14.1. The van der Waals surface area contributed by atoms with E-state index in [0.717, 1.165) is 0 Å². The van der Waals surface area contributed by atoms with Gasteiger partial charge in [0.1, 0.15) is 29.6 Å². The van der Waals surface area contributed by atoms with Crippen LogP contribution in [0.4, 0.5) is 13.2 Å². The highest BCUT2D eigenvalue weighted by Gasteiger charge is 2.11. The fourth-order valence-corrected chi connectivity index (χ4v) is 2.92. The molecule has 30 heavy (non-hydrogen) atoms. The second-order valence-corrected chi connectivity index (χ2v) is 6.56. The van der Waals surface area contributed by atoms with Gasteiger partial charge < -0.3 is 14.5 Å². The Morgan fingerprint density at radius 2 is 1.80 bits per heavy atom. The number of halogens is 3. The van der Waals surface area contributed by atoms with Gasteiger partial charge in [-0.05, 0) is 36.4 Å². The summed E-state index contributed by atoms with van der Waals surface area (Å²) in [5, 5.41) is 2.61. The number of imidazole rings is 1. The third-order valence-corrected chi connectivity index (χ3v) is 4.50. The number of aromatic nitrogens is 2. The van der Waals surface area contributed by atoms with Gasteiger partial charge in [-0.3, -0.25) is 4.79 Å². The van der Waals surface area contributed by atoms with E-state index in [2.05, 4.69) is 10.3 Å². The van der Waals surface area contributed by atoms with Crippen molar-refractivity contribution in [3.8, 4) is 5.75 Å². The lowest BCUT2D eigenvalue weighted by atomic mass is 10.2. The zero-order chi connectivity index (χ0) is 21.1. The van der Waals surface area contributed by atoms with Crippen molar-refractivity contribution < 1.29 is 22.7 Å². The van der Waals surface area contributed by atoms with Gasteiger partial charge in [-0.2, -0.15) is 4.39 Å². The van der Waals surface area contributed by atoms with Crippen LogP contribution in [0.25, 0.3) is 5.65 Å². The van der Waals surface area contributed by atoms with Gasteiger partial charge in [0.15, 0.2) is 0 Å². The summed E-state index contributed by atoms with van der Waals surface area (Å²) >= 11 is 0. The molecule has 152 valence electrons. The molecule has 0 saturated carbocycles. The highest BCUT2D eigenvalue weighted by molar-refractivity contribution is 5.94. The predicted molar refractivity (Wildman–Crippen MR) is 103 cm³/mol. The molecule has 0 aliphatic rings.